The highest BCUT2D eigenvalue weighted by Crippen LogP contribution is 2.54. The van der Waals surface area contributed by atoms with Crippen molar-refractivity contribution in [1.82, 2.24) is 0 Å². The topological polar surface area (TPSA) is 121 Å². The van der Waals surface area contributed by atoms with E-state index < -0.39 is 56.0 Å². The van der Waals surface area contributed by atoms with Crippen LogP contribution in [0.4, 0.5) is 14.5 Å². The van der Waals surface area contributed by atoms with E-state index in [0.29, 0.717) is 6.42 Å². The van der Waals surface area contributed by atoms with Gasteiger partial charge in [-0.05, 0) is 55.5 Å². The Bertz CT molecular complexity index is 1290. The molecule has 1 unspecified atom stereocenters. The molecule has 3 N–H and O–H groups in total. The lowest BCUT2D eigenvalue weighted by Crippen LogP contribution is -2.54. The third-order valence-electron chi connectivity index (χ3n) is 7.05. The predicted molar refractivity (Wildman–Crippen MR) is 119 cm³/mol. The zero-order chi connectivity index (χ0) is 25.0. The Balaban J connectivity index is 1.62. The number of fused-ring (bicyclic) bond motifs is 2. The third kappa shape index (κ3) is 3.97. The highest BCUT2D eigenvalue weighted by molar-refractivity contribution is 7.92. The maximum Gasteiger partial charge on any atom is 0.336 e. The van der Waals surface area contributed by atoms with Gasteiger partial charge in [-0.2, -0.15) is 0 Å². The molecule has 182 valence electrons. The molecule has 0 aliphatic heterocycles. The average molecular weight is 514 g/mol. The second-order valence-corrected chi connectivity index (χ2v) is 11.6. The van der Waals surface area contributed by atoms with Crippen molar-refractivity contribution in [2.45, 2.75) is 41.9 Å². The molecule has 0 saturated heterocycles. The number of aliphatic carboxylic acids is 1. The van der Waals surface area contributed by atoms with Gasteiger partial charge in [0.1, 0.15) is 0 Å². The predicted octanol–water partition coefficient (Wildman–Crippen LogP) is 3.89. The van der Waals surface area contributed by atoms with Gasteiger partial charge in [-0.15, -0.1) is 0 Å². The van der Waals surface area contributed by atoms with E-state index >= 15 is 0 Å². The van der Waals surface area contributed by atoms with Crippen molar-refractivity contribution in [2.75, 3.05) is 5.32 Å². The lowest BCUT2D eigenvalue weighted by molar-refractivity contribution is -0.172. The van der Waals surface area contributed by atoms with Crippen molar-refractivity contribution in [3.63, 3.8) is 0 Å². The third-order valence-corrected chi connectivity index (χ3v) is 9.71. The minimum absolute atomic E-state index is 0.0194. The molecule has 1 amide bonds. The summed E-state index contributed by atoms with van der Waals surface area (Å²) in [5, 5.41) is 21.7. The molecule has 2 aliphatic rings. The van der Waals surface area contributed by atoms with E-state index in [-0.39, 0.29) is 39.9 Å². The van der Waals surface area contributed by atoms with E-state index in [9.17, 15) is 37.0 Å². The molecule has 34 heavy (non-hydrogen) atoms. The molecular weight excluding hydrogens is 492 g/mol. The summed E-state index contributed by atoms with van der Waals surface area (Å²) in [4.78, 5) is 24.1. The lowest BCUT2D eigenvalue weighted by atomic mass is 9.73. The standard InChI is InChI=1S/C23H22ClF2NO6S/c1-11-6-13-8-15(10-16(11)23(13,31)22(29)30)34(32,33)20-7-12(2-4-17(20)24)21(28)27-14-3-5-18(25)19(26)9-14/h2-5,7,9,11,13,15-16,31H,6,8,10H2,1H3,(H,27,28)(H,29,30)/t11-,13?,15+,16+,23+/m0/s1. The van der Waals surface area contributed by atoms with Gasteiger partial charge in [-0.3, -0.25) is 4.79 Å². The molecule has 11 heteroatoms. The Morgan fingerprint density at radius 3 is 2.41 bits per heavy atom. The number of benzene rings is 2. The van der Waals surface area contributed by atoms with Crippen molar-refractivity contribution in [2.24, 2.45) is 17.8 Å². The van der Waals surface area contributed by atoms with Crippen LogP contribution in [0.15, 0.2) is 41.3 Å². The highest BCUT2D eigenvalue weighted by atomic mass is 35.5. The molecule has 0 radical (unpaired) electrons. The van der Waals surface area contributed by atoms with Gasteiger partial charge in [-0.1, -0.05) is 18.5 Å². The summed E-state index contributed by atoms with van der Waals surface area (Å²) in [6, 6.07) is 6.46. The van der Waals surface area contributed by atoms with Crippen molar-refractivity contribution in [3.8, 4) is 0 Å². The van der Waals surface area contributed by atoms with Gasteiger partial charge in [0, 0.05) is 29.2 Å². The number of sulfone groups is 1. The summed E-state index contributed by atoms with van der Waals surface area (Å²) in [7, 11) is -4.08. The smallest absolute Gasteiger partial charge is 0.336 e. The fourth-order valence-electron chi connectivity index (χ4n) is 5.32. The van der Waals surface area contributed by atoms with Gasteiger partial charge < -0.3 is 15.5 Å². The first-order chi connectivity index (χ1) is 15.9. The Kier molecular flexibility index (Phi) is 6.20. The fraction of sp³-hybridized carbons (Fsp3) is 0.391. The number of carbonyl (C=O) groups is 2. The summed E-state index contributed by atoms with van der Waals surface area (Å²) < 4.78 is 53.5. The fourth-order valence-corrected chi connectivity index (χ4v) is 7.70. The molecule has 0 spiro atoms. The Morgan fingerprint density at radius 2 is 1.79 bits per heavy atom. The molecule has 2 aliphatic carbocycles. The molecule has 2 saturated carbocycles. The average Bonchev–Trinajstić information content (AvgIpc) is 2.89. The highest BCUT2D eigenvalue weighted by Gasteiger charge is 2.62. The molecule has 4 rings (SSSR count). The number of amides is 1. The van der Waals surface area contributed by atoms with E-state index in [1.165, 1.54) is 12.1 Å². The van der Waals surface area contributed by atoms with Crippen LogP contribution < -0.4 is 5.32 Å². The second-order valence-electron chi connectivity index (χ2n) is 9.01. The minimum Gasteiger partial charge on any atom is -0.479 e. The van der Waals surface area contributed by atoms with Crippen LogP contribution in [0.5, 0.6) is 0 Å². The van der Waals surface area contributed by atoms with Crippen LogP contribution in [0.1, 0.15) is 36.5 Å². The molecule has 2 bridgehead atoms. The number of hydrogen-bond donors (Lipinski definition) is 3. The van der Waals surface area contributed by atoms with Crippen molar-refractivity contribution < 1.29 is 37.0 Å². The van der Waals surface area contributed by atoms with E-state index in [1.54, 1.807) is 6.92 Å². The maximum absolute atomic E-state index is 13.5. The monoisotopic (exact) mass is 513 g/mol. The number of hydrogen-bond acceptors (Lipinski definition) is 5. The largest absolute Gasteiger partial charge is 0.479 e. The normalized spacial score (nSPS) is 28.5. The first-order valence-electron chi connectivity index (χ1n) is 10.6. The van der Waals surface area contributed by atoms with Gasteiger partial charge in [0.05, 0.1) is 15.2 Å². The van der Waals surface area contributed by atoms with Crippen molar-refractivity contribution in [3.05, 3.63) is 58.6 Å². The molecule has 7 nitrogen and oxygen atoms in total. The minimum atomic E-state index is -4.08. The summed E-state index contributed by atoms with van der Waals surface area (Å²) >= 11 is 6.18. The van der Waals surface area contributed by atoms with Crippen LogP contribution in [0, 0.1) is 29.4 Å². The van der Waals surface area contributed by atoms with Crippen LogP contribution in [-0.4, -0.2) is 41.4 Å². The molecule has 2 aromatic carbocycles. The van der Waals surface area contributed by atoms with Crippen LogP contribution in [0.3, 0.4) is 0 Å². The van der Waals surface area contributed by atoms with Gasteiger partial charge >= 0.3 is 5.97 Å². The van der Waals surface area contributed by atoms with E-state index in [2.05, 4.69) is 5.32 Å². The molecular formula is C23H22ClF2NO6S. The zero-order valence-electron chi connectivity index (χ0n) is 18.0. The van der Waals surface area contributed by atoms with Crippen LogP contribution in [-0.2, 0) is 14.6 Å². The molecule has 2 fully saturated rings. The summed E-state index contributed by atoms with van der Waals surface area (Å²) in [6.45, 7) is 1.80. The SMILES string of the molecule is C[C@H]1CC2C[C@@H](S(=O)(=O)c3cc(C(=O)Nc4ccc(F)c(F)c4)ccc3Cl)C[C@H]1[C@@]2(O)C(=O)O. The van der Waals surface area contributed by atoms with Crippen LogP contribution in [0.25, 0.3) is 0 Å². The van der Waals surface area contributed by atoms with E-state index in [1.807, 2.05) is 0 Å². The van der Waals surface area contributed by atoms with Gasteiger partial charge in [0.15, 0.2) is 27.1 Å². The lowest BCUT2D eigenvalue weighted by Gasteiger charge is -2.39. The van der Waals surface area contributed by atoms with E-state index in [0.717, 1.165) is 24.3 Å². The molecule has 2 aromatic rings. The zero-order valence-corrected chi connectivity index (χ0v) is 19.5. The summed E-state index contributed by atoms with van der Waals surface area (Å²) in [6.07, 6.45) is 0.294. The number of carboxylic acid groups (broad SMARTS) is 1. The van der Waals surface area contributed by atoms with Crippen LogP contribution in [0.2, 0.25) is 5.02 Å². The Morgan fingerprint density at radius 1 is 1.09 bits per heavy atom. The van der Waals surface area contributed by atoms with Crippen LogP contribution >= 0.6 is 11.6 Å². The molecule has 0 aromatic heterocycles. The quantitative estimate of drug-likeness (QED) is 0.557. The number of nitrogens with one attached hydrogen (secondary N) is 1. The number of carboxylic acids is 1. The number of aliphatic hydroxyl groups is 1. The van der Waals surface area contributed by atoms with Gasteiger partial charge in [-0.25, -0.2) is 22.0 Å². The van der Waals surface area contributed by atoms with E-state index in [4.69, 9.17) is 11.6 Å². The molecule has 0 heterocycles. The van der Waals surface area contributed by atoms with Crippen molar-refractivity contribution >= 4 is 39.0 Å². The maximum atomic E-state index is 13.5. The first-order valence-corrected chi connectivity index (χ1v) is 12.5. The number of anilines is 1. The van der Waals surface area contributed by atoms with Gasteiger partial charge in [0.25, 0.3) is 5.91 Å². The van der Waals surface area contributed by atoms with Gasteiger partial charge in [0.2, 0.25) is 0 Å². The number of halogens is 3. The first kappa shape index (κ1) is 24.6. The summed E-state index contributed by atoms with van der Waals surface area (Å²) in [5.74, 6) is -5.97. The number of rotatable bonds is 5. The van der Waals surface area contributed by atoms with Crippen molar-refractivity contribution in [1.29, 1.82) is 0 Å². The summed E-state index contributed by atoms with van der Waals surface area (Å²) in [5.41, 5.74) is -2.06. The number of carbonyl (C=O) groups excluding carboxylic acids is 1. The Hall–Kier alpha value is -2.56. The molecule has 5 atom stereocenters. The second kappa shape index (κ2) is 8.58. The Labute approximate surface area is 199 Å².